The zero-order chi connectivity index (χ0) is 19.4. The molecule has 2 aliphatic heterocycles. The molecule has 5 nitrogen and oxygen atoms in total. The zero-order valence-corrected chi connectivity index (χ0v) is 17.0. The molecule has 0 unspecified atom stereocenters. The number of imidazole rings is 1. The number of amides is 1. The Hall–Kier alpha value is -2.14. The third-order valence-electron chi connectivity index (χ3n) is 6.50. The Balaban J connectivity index is 1.33. The summed E-state index contributed by atoms with van der Waals surface area (Å²) >= 11 is 0. The molecule has 28 heavy (non-hydrogen) atoms. The summed E-state index contributed by atoms with van der Waals surface area (Å²) in [5.41, 5.74) is 1.20. The van der Waals surface area contributed by atoms with Crippen molar-refractivity contribution in [2.45, 2.75) is 52.1 Å². The number of carbonyl (C=O) groups is 1. The van der Waals surface area contributed by atoms with Crippen molar-refractivity contribution in [3.63, 3.8) is 0 Å². The summed E-state index contributed by atoms with van der Waals surface area (Å²) in [5.74, 6) is 1.51. The van der Waals surface area contributed by atoms with Crippen molar-refractivity contribution in [2.75, 3.05) is 26.2 Å². The molecule has 0 N–H and O–H groups in total. The topological polar surface area (TPSA) is 41.4 Å². The highest BCUT2D eigenvalue weighted by Crippen LogP contribution is 2.40. The van der Waals surface area contributed by atoms with E-state index in [2.05, 4.69) is 56.6 Å². The molecule has 2 aliphatic rings. The highest BCUT2D eigenvalue weighted by Gasteiger charge is 2.48. The highest BCUT2D eigenvalue weighted by atomic mass is 16.2. The molecule has 0 saturated carbocycles. The van der Waals surface area contributed by atoms with Crippen LogP contribution in [0.5, 0.6) is 0 Å². The molecule has 0 aliphatic carbocycles. The highest BCUT2D eigenvalue weighted by molar-refractivity contribution is 5.84. The predicted molar refractivity (Wildman–Crippen MR) is 111 cm³/mol. The van der Waals surface area contributed by atoms with Gasteiger partial charge in [0.15, 0.2) is 0 Å². The minimum atomic E-state index is -0.158. The van der Waals surface area contributed by atoms with Crippen LogP contribution < -0.4 is 0 Å². The number of aromatic nitrogens is 2. The first-order valence-electron chi connectivity index (χ1n) is 10.8. The minimum Gasteiger partial charge on any atom is -0.342 e. The lowest BCUT2D eigenvalue weighted by atomic mass is 9.78. The quantitative estimate of drug-likeness (QED) is 0.740. The van der Waals surface area contributed by atoms with E-state index in [1.165, 1.54) is 5.56 Å². The van der Waals surface area contributed by atoms with Crippen molar-refractivity contribution < 1.29 is 4.79 Å². The van der Waals surface area contributed by atoms with Crippen LogP contribution in [0.25, 0.3) is 0 Å². The summed E-state index contributed by atoms with van der Waals surface area (Å²) in [5, 5.41) is 0. The van der Waals surface area contributed by atoms with Crippen LogP contribution in [0.3, 0.4) is 0 Å². The maximum Gasteiger partial charge on any atom is 0.230 e. The summed E-state index contributed by atoms with van der Waals surface area (Å²) < 4.78 is 2.20. The second-order valence-electron chi connectivity index (χ2n) is 8.36. The fourth-order valence-electron chi connectivity index (χ4n) is 4.94. The summed E-state index contributed by atoms with van der Waals surface area (Å²) in [6.07, 6.45) is 9.18. The number of nitrogens with zero attached hydrogens (tertiary/aromatic N) is 4. The third-order valence-corrected chi connectivity index (χ3v) is 6.50. The van der Waals surface area contributed by atoms with Crippen molar-refractivity contribution >= 4 is 5.91 Å². The number of benzene rings is 1. The van der Waals surface area contributed by atoms with Crippen LogP contribution in [-0.4, -0.2) is 51.4 Å². The number of likely N-dealkylation sites (tertiary alicyclic amines) is 2. The van der Waals surface area contributed by atoms with E-state index in [1.54, 1.807) is 0 Å². The van der Waals surface area contributed by atoms with Crippen molar-refractivity contribution in [3.8, 4) is 0 Å². The smallest absolute Gasteiger partial charge is 0.230 e. The maximum atomic E-state index is 13.3. The van der Waals surface area contributed by atoms with Crippen molar-refractivity contribution in [1.82, 2.24) is 19.4 Å². The van der Waals surface area contributed by atoms with E-state index in [0.29, 0.717) is 5.91 Å². The van der Waals surface area contributed by atoms with Gasteiger partial charge >= 0.3 is 0 Å². The number of hydrogen-bond acceptors (Lipinski definition) is 3. The van der Waals surface area contributed by atoms with E-state index in [-0.39, 0.29) is 5.41 Å². The van der Waals surface area contributed by atoms with Crippen LogP contribution >= 0.6 is 0 Å². The lowest BCUT2D eigenvalue weighted by Gasteiger charge is -2.39. The first-order chi connectivity index (χ1) is 13.7. The SMILES string of the molecule is CCn1ccnc1CN1CC[C@@]2(CCCN(CCCc3ccccc3)C2=O)C1. The van der Waals surface area contributed by atoms with Gasteiger partial charge < -0.3 is 9.47 Å². The van der Waals surface area contributed by atoms with Gasteiger partial charge in [0.1, 0.15) is 5.82 Å². The predicted octanol–water partition coefficient (Wildman–Crippen LogP) is 3.35. The van der Waals surface area contributed by atoms with Gasteiger partial charge in [-0.3, -0.25) is 9.69 Å². The molecule has 5 heteroatoms. The Kier molecular flexibility index (Phi) is 5.81. The number of carbonyl (C=O) groups excluding carboxylic acids is 1. The first kappa shape index (κ1) is 19.2. The molecule has 150 valence electrons. The van der Waals surface area contributed by atoms with Gasteiger partial charge in [0.05, 0.1) is 12.0 Å². The van der Waals surface area contributed by atoms with Gasteiger partial charge in [-0.05, 0) is 51.1 Å². The normalized spacial score (nSPS) is 23.0. The van der Waals surface area contributed by atoms with Gasteiger partial charge in [-0.2, -0.15) is 0 Å². The summed E-state index contributed by atoms with van der Waals surface area (Å²) in [6.45, 7) is 7.64. The molecule has 1 aromatic heterocycles. The van der Waals surface area contributed by atoms with Crippen LogP contribution in [0.15, 0.2) is 42.7 Å². The molecule has 0 radical (unpaired) electrons. The van der Waals surface area contributed by atoms with Gasteiger partial charge in [-0.15, -0.1) is 0 Å². The Morgan fingerprint density at radius 1 is 1.14 bits per heavy atom. The molecule has 1 amide bonds. The van der Waals surface area contributed by atoms with Crippen LogP contribution in [0.1, 0.15) is 44.0 Å². The summed E-state index contributed by atoms with van der Waals surface area (Å²) in [7, 11) is 0. The van der Waals surface area contributed by atoms with Crippen molar-refractivity contribution in [2.24, 2.45) is 5.41 Å². The van der Waals surface area contributed by atoms with Crippen molar-refractivity contribution in [3.05, 3.63) is 54.1 Å². The largest absolute Gasteiger partial charge is 0.342 e. The third kappa shape index (κ3) is 4.00. The van der Waals surface area contributed by atoms with Crippen LogP contribution in [-0.2, 0) is 24.3 Å². The number of hydrogen-bond donors (Lipinski definition) is 0. The second kappa shape index (κ2) is 8.48. The molecule has 0 bridgehead atoms. The van der Waals surface area contributed by atoms with Crippen LogP contribution in [0, 0.1) is 5.41 Å². The zero-order valence-electron chi connectivity index (χ0n) is 17.0. The molecule has 1 atom stereocenters. The Bertz CT molecular complexity index is 787. The maximum absolute atomic E-state index is 13.3. The molecule has 1 spiro atoms. The lowest BCUT2D eigenvalue weighted by molar-refractivity contribution is -0.145. The van der Waals surface area contributed by atoms with E-state index in [9.17, 15) is 4.79 Å². The van der Waals surface area contributed by atoms with Gasteiger partial charge in [0.25, 0.3) is 0 Å². The van der Waals surface area contributed by atoms with E-state index in [4.69, 9.17) is 0 Å². The summed E-state index contributed by atoms with van der Waals surface area (Å²) in [6, 6.07) is 10.6. The second-order valence-corrected chi connectivity index (χ2v) is 8.36. The molecule has 2 aromatic rings. The summed E-state index contributed by atoms with van der Waals surface area (Å²) in [4.78, 5) is 22.4. The van der Waals surface area contributed by atoms with E-state index in [0.717, 1.165) is 77.2 Å². The molecular weight excluding hydrogens is 348 g/mol. The molecule has 3 heterocycles. The molecule has 4 rings (SSSR count). The van der Waals surface area contributed by atoms with Crippen LogP contribution in [0.4, 0.5) is 0 Å². The van der Waals surface area contributed by atoms with E-state index < -0.39 is 0 Å². The molecule has 2 fully saturated rings. The number of aryl methyl sites for hydroxylation is 2. The Labute approximate surface area is 168 Å². The average molecular weight is 381 g/mol. The fraction of sp³-hybridized carbons (Fsp3) is 0.565. The standard InChI is InChI=1S/C23H32N4O/c1-2-26-17-13-24-21(26)18-25-16-12-23(19-25)11-7-15-27(22(23)28)14-6-10-20-8-4-3-5-9-20/h3-5,8-9,13,17H,2,6-7,10-12,14-16,18-19H2,1H3/t23-/m0/s1. The molecule has 1 aromatic carbocycles. The average Bonchev–Trinajstić information content (AvgIpc) is 3.34. The number of rotatable bonds is 7. The van der Waals surface area contributed by atoms with Gasteiger partial charge in [-0.1, -0.05) is 30.3 Å². The van der Waals surface area contributed by atoms with Gasteiger partial charge in [0.2, 0.25) is 5.91 Å². The molecule has 2 saturated heterocycles. The lowest BCUT2D eigenvalue weighted by Crippen LogP contribution is -2.50. The van der Waals surface area contributed by atoms with Crippen molar-refractivity contribution in [1.29, 1.82) is 0 Å². The molecular formula is C23H32N4O. The van der Waals surface area contributed by atoms with Crippen LogP contribution in [0.2, 0.25) is 0 Å². The first-order valence-corrected chi connectivity index (χ1v) is 10.8. The minimum absolute atomic E-state index is 0.158. The van der Waals surface area contributed by atoms with Gasteiger partial charge in [0, 0.05) is 38.6 Å². The monoisotopic (exact) mass is 380 g/mol. The fourth-order valence-corrected chi connectivity index (χ4v) is 4.94. The van der Waals surface area contributed by atoms with E-state index in [1.807, 2.05) is 12.4 Å². The number of piperidine rings is 1. The Morgan fingerprint density at radius 2 is 2.00 bits per heavy atom. The van der Waals surface area contributed by atoms with E-state index >= 15 is 0 Å². The van der Waals surface area contributed by atoms with Gasteiger partial charge in [-0.25, -0.2) is 4.98 Å². The Morgan fingerprint density at radius 3 is 2.82 bits per heavy atom.